The maximum absolute atomic E-state index is 12.6. The SMILES string of the molecule is O=C1N=CC=CC1C(=O)N1CCCC(C(=O)N2CCOCC2)C1. The first-order valence-electron chi connectivity index (χ1n) is 8.07. The Balaban J connectivity index is 1.62. The second-order valence-corrected chi connectivity index (χ2v) is 6.04. The first-order chi connectivity index (χ1) is 11.2. The van der Waals surface area contributed by atoms with Gasteiger partial charge in [0.15, 0.2) is 0 Å². The third-order valence-corrected chi connectivity index (χ3v) is 4.53. The van der Waals surface area contributed by atoms with E-state index in [0.717, 1.165) is 12.8 Å². The van der Waals surface area contributed by atoms with Crippen molar-refractivity contribution in [3.8, 4) is 0 Å². The topological polar surface area (TPSA) is 79.3 Å². The van der Waals surface area contributed by atoms with Crippen molar-refractivity contribution in [3.63, 3.8) is 0 Å². The molecule has 2 unspecified atom stereocenters. The van der Waals surface area contributed by atoms with E-state index in [-0.39, 0.29) is 17.7 Å². The van der Waals surface area contributed by atoms with Crippen molar-refractivity contribution in [2.45, 2.75) is 12.8 Å². The largest absolute Gasteiger partial charge is 0.378 e. The van der Waals surface area contributed by atoms with Gasteiger partial charge in [0.05, 0.1) is 19.1 Å². The number of amides is 3. The highest BCUT2D eigenvalue weighted by atomic mass is 16.5. The molecule has 0 radical (unpaired) electrons. The van der Waals surface area contributed by atoms with Crippen LogP contribution in [0.5, 0.6) is 0 Å². The van der Waals surface area contributed by atoms with E-state index in [1.54, 1.807) is 17.1 Å². The number of ether oxygens (including phenoxy) is 1. The number of morpholine rings is 1. The Morgan fingerprint density at radius 1 is 1.13 bits per heavy atom. The normalized spacial score (nSPS) is 28.1. The van der Waals surface area contributed by atoms with Gasteiger partial charge >= 0.3 is 0 Å². The van der Waals surface area contributed by atoms with Crippen LogP contribution in [-0.2, 0) is 19.1 Å². The number of hydrogen-bond acceptors (Lipinski definition) is 4. The summed E-state index contributed by atoms with van der Waals surface area (Å²) in [5.41, 5.74) is 0. The van der Waals surface area contributed by atoms with Gasteiger partial charge in [0, 0.05) is 32.4 Å². The number of aliphatic imine (C=N–C) groups is 1. The second-order valence-electron chi connectivity index (χ2n) is 6.04. The van der Waals surface area contributed by atoms with Crippen LogP contribution < -0.4 is 0 Å². The summed E-state index contributed by atoms with van der Waals surface area (Å²) in [7, 11) is 0. The van der Waals surface area contributed by atoms with Gasteiger partial charge in [0.1, 0.15) is 5.92 Å². The van der Waals surface area contributed by atoms with E-state index >= 15 is 0 Å². The Labute approximate surface area is 135 Å². The predicted molar refractivity (Wildman–Crippen MR) is 82.8 cm³/mol. The zero-order valence-corrected chi connectivity index (χ0v) is 13.0. The van der Waals surface area contributed by atoms with Crippen molar-refractivity contribution in [2.24, 2.45) is 16.8 Å². The van der Waals surface area contributed by atoms with Crippen LogP contribution in [0.1, 0.15) is 12.8 Å². The van der Waals surface area contributed by atoms with E-state index in [2.05, 4.69) is 4.99 Å². The van der Waals surface area contributed by atoms with Crippen LogP contribution in [0, 0.1) is 11.8 Å². The van der Waals surface area contributed by atoms with E-state index in [0.29, 0.717) is 39.4 Å². The standard InChI is InChI=1S/C16H21N3O4/c20-14-13(4-1-5-17-14)16(22)19-6-2-3-12(11-19)15(21)18-7-9-23-10-8-18/h1,4-5,12-13H,2-3,6-11H2. The van der Waals surface area contributed by atoms with Gasteiger partial charge in [-0.1, -0.05) is 6.08 Å². The predicted octanol–water partition coefficient (Wildman–Crippen LogP) is -0.133. The second kappa shape index (κ2) is 7.04. The molecule has 3 aliphatic rings. The summed E-state index contributed by atoms with van der Waals surface area (Å²) in [4.78, 5) is 44.0. The number of likely N-dealkylation sites (tertiary alicyclic amines) is 1. The Morgan fingerprint density at radius 2 is 1.91 bits per heavy atom. The van der Waals surface area contributed by atoms with Gasteiger partial charge in [-0.2, -0.15) is 0 Å². The van der Waals surface area contributed by atoms with Crippen molar-refractivity contribution in [2.75, 3.05) is 39.4 Å². The lowest BCUT2D eigenvalue weighted by molar-refractivity contribution is -0.145. The molecule has 0 aromatic carbocycles. The average molecular weight is 319 g/mol. The zero-order valence-electron chi connectivity index (χ0n) is 13.0. The van der Waals surface area contributed by atoms with E-state index in [4.69, 9.17) is 4.74 Å². The smallest absolute Gasteiger partial charge is 0.262 e. The molecule has 3 amide bonds. The third kappa shape index (κ3) is 3.50. The molecule has 3 rings (SSSR count). The molecule has 23 heavy (non-hydrogen) atoms. The molecule has 0 spiro atoms. The summed E-state index contributed by atoms with van der Waals surface area (Å²) in [5.74, 6) is -1.61. The van der Waals surface area contributed by atoms with Crippen molar-refractivity contribution >= 4 is 23.9 Å². The van der Waals surface area contributed by atoms with E-state index in [1.165, 1.54) is 6.21 Å². The average Bonchev–Trinajstić information content (AvgIpc) is 2.62. The van der Waals surface area contributed by atoms with E-state index < -0.39 is 11.8 Å². The number of nitrogens with zero attached hydrogens (tertiary/aromatic N) is 3. The number of piperidine rings is 1. The van der Waals surface area contributed by atoms with Crippen molar-refractivity contribution in [1.82, 2.24) is 9.80 Å². The van der Waals surface area contributed by atoms with Gasteiger partial charge in [-0.25, -0.2) is 4.99 Å². The number of carbonyl (C=O) groups is 3. The summed E-state index contributed by atoms with van der Waals surface area (Å²) in [6.45, 7) is 3.34. The van der Waals surface area contributed by atoms with E-state index in [1.807, 2.05) is 4.90 Å². The van der Waals surface area contributed by atoms with Crippen LogP contribution in [-0.4, -0.2) is 73.1 Å². The van der Waals surface area contributed by atoms with Gasteiger partial charge in [-0.15, -0.1) is 0 Å². The first-order valence-corrected chi connectivity index (χ1v) is 8.07. The van der Waals surface area contributed by atoms with Crippen LogP contribution in [0.25, 0.3) is 0 Å². The molecule has 0 N–H and O–H groups in total. The number of rotatable bonds is 2. The number of allylic oxidation sites excluding steroid dienone is 1. The molecule has 0 aromatic rings. The quantitative estimate of drug-likeness (QED) is 0.664. The number of dihydropyridines is 1. The molecule has 2 atom stereocenters. The van der Waals surface area contributed by atoms with Gasteiger partial charge in [0.2, 0.25) is 11.8 Å². The monoisotopic (exact) mass is 319 g/mol. The van der Waals surface area contributed by atoms with Gasteiger partial charge in [-0.05, 0) is 18.9 Å². The highest BCUT2D eigenvalue weighted by molar-refractivity contribution is 6.07. The summed E-state index contributed by atoms with van der Waals surface area (Å²) >= 11 is 0. The molecular formula is C16H21N3O4. The molecule has 0 aromatic heterocycles. The lowest BCUT2D eigenvalue weighted by atomic mass is 9.94. The molecule has 0 aliphatic carbocycles. The zero-order chi connectivity index (χ0) is 16.2. The van der Waals surface area contributed by atoms with Gasteiger partial charge < -0.3 is 14.5 Å². The highest BCUT2D eigenvalue weighted by Gasteiger charge is 2.35. The third-order valence-electron chi connectivity index (χ3n) is 4.53. The molecule has 3 heterocycles. The Morgan fingerprint density at radius 3 is 2.65 bits per heavy atom. The molecule has 3 aliphatic heterocycles. The fourth-order valence-electron chi connectivity index (χ4n) is 3.25. The summed E-state index contributed by atoms with van der Waals surface area (Å²) in [5, 5.41) is 0. The molecule has 0 saturated carbocycles. The molecular weight excluding hydrogens is 298 g/mol. The summed E-state index contributed by atoms with van der Waals surface area (Å²) in [6, 6.07) is 0. The molecule has 124 valence electrons. The lowest BCUT2D eigenvalue weighted by Crippen LogP contribution is -2.51. The molecule has 0 bridgehead atoms. The fraction of sp³-hybridized carbons (Fsp3) is 0.625. The molecule has 2 fully saturated rings. The van der Waals surface area contributed by atoms with Crippen LogP contribution in [0.2, 0.25) is 0 Å². The van der Waals surface area contributed by atoms with Crippen molar-refractivity contribution < 1.29 is 19.1 Å². The van der Waals surface area contributed by atoms with E-state index in [9.17, 15) is 14.4 Å². The minimum Gasteiger partial charge on any atom is -0.378 e. The van der Waals surface area contributed by atoms with Crippen LogP contribution in [0.3, 0.4) is 0 Å². The van der Waals surface area contributed by atoms with Crippen LogP contribution in [0.4, 0.5) is 0 Å². The van der Waals surface area contributed by atoms with Gasteiger partial charge in [0.25, 0.3) is 5.91 Å². The maximum Gasteiger partial charge on any atom is 0.262 e. The maximum atomic E-state index is 12.6. The van der Waals surface area contributed by atoms with Crippen LogP contribution >= 0.6 is 0 Å². The minimum atomic E-state index is -0.836. The molecule has 2 saturated heterocycles. The number of hydrogen-bond donors (Lipinski definition) is 0. The molecule has 7 heteroatoms. The summed E-state index contributed by atoms with van der Waals surface area (Å²) < 4.78 is 5.27. The van der Waals surface area contributed by atoms with Crippen LogP contribution in [0.15, 0.2) is 17.1 Å². The number of carbonyl (C=O) groups excluding carboxylic acids is 3. The van der Waals surface area contributed by atoms with Crippen molar-refractivity contribution in [1.29, 1.82) is 0 Å². The van der Waals surface area contributed by atoms with Crippen molar-refractivity contribution in [3.05, 3.63) is 12.2 Å². The Bertz CT molecular complexity index is 552. The summed E-state index contributed by atoms with van der Waals surface area (Å²) in [6.07, 6.45) is 6.15. The fourth-order valence-corrected chi connectivity index (χ4v) is 3.25. The molecule has 7 nitrogen and oxygen atoms in total. The minimum absolute atomic E-state index is 0.0920. The first kappa shape index (κ1) is 15.9. The highest BCUT2D eigenvalue weighted by Crippen LogP contribution is 2.22. The Kier molecular flexibility index (Phi) is 4.85. The Hall–Kier alpha value is -2.02. The lowest BCUT2D eigenvalue weighted by Gasteiger charge is -2.37. The van der Waals surface area contributed by atoms with Gasteiger partial charge in [-0.3, -0.25) is 14.4 Å².